The van der Waals surface area contributed by atoms with Crippen LogP contribution < -0.4 is 5.32 Å². The fourth-order valence-electron chi connectivity index (χ4n) is 1.33. The van der Waals surface area contributed by atoms with E-state index < -0.39 is 28.1 Å². The number of carboxylic acid groups (broad SMARTS) is 1. The first kappa shape index (κ1) is 15.3. The van der Waals surface area contributed by atoms with Crippen molar-refractivity contribution in [3.05, 3.63) is 29.6 Å². The van der Waals surface area contributed by atoms with Crippen molar-refractivity contribution >= 4 is 22.7 Å². The van der Waals surface area contributed by atoms with Crippen LogP contribution in [0.25, 0.3) is 0 Å². The highest BCUT2D eigenvalue weighted by Crippen LogP contribution is 2.14. The summed E-state index contributed by atoms with van der Waals surface area (Å²) in [6, 6.07) is 3.13. The highest BCUT2D eigenvalue weighted by molar-refractivity contribution is 7.85. The number of hydrogen-bond donors (Lipinski definition) is 2. The van der Waals surface area contributed by atoms with Crippen LogP contribution >= 0.6 is 0 Å². The molecule has 1 aromatic carbocycles. The Kier molecular flexibility index (Phi) is 5.62. The summed E-state index contributed by atoms with van der Waals surface area (Å²) in [5, 5.41) is 11.3. The third-order valence-electron chi connectivity index (χ3n) is 2.27. The maximum atomic E-state index is 13.2. The van der Waals surface area contributed by atoms with E-state index in [4.69, 9.17) is 5.11 Å². The van der Waals surface area contributed by atoms with Gasteiger partial charge in [0.2, 0.25) is 5.91 Å². The molecule has 0 aliphatic rings. The van der Waals surface area contributed by atoms with Crippen molar-refractivity contribution in [1.29, 1.82) is 0 Å². The van der Waals surface area contributed by atoms with Gasteiger partial charge in [0, 0.05) is 11.4 Å². The van der Waals surface area contributed by atoms with Gasteiger partial charge in [-0.3, -0.25) is 9.00 Å². The zero-order valence-corrected chi connectivity index (χ0v) is 11.1. The van der Waals surface area contributed by atoms with Gasteiger partial charge in [0.25, 0.3) is 0 Å². The normalized spacial score (nSPS) is 11.9. The molecule has 7 heteroatoms. The maximum Gasteiger partial charge on any atom is 0.338 e. The van der Waals surface area contributed by atoms with Gasteiger partial charge in [-0.25, -0.2) is 9.18 Å². The van der Waals surface area contributed by atoms with E-state index in [0.29, 0.717) is 6.54 Å². The van der Waals surface area contributed by atoms with E-state index in [-0.39, 0.29) is 16.6 Å². The summed E-state index contributed by atoms with van der Waals surface area (Å²) in [5.74, 6) is -3.00. The minimum absolute atomic E-state index is 0.116. The van der Waals surface area contributed by atoms with Crippen LogP contribution in [-0.2, 0) is 15.6 Å². The Bertz CT molecular complexity index is 518. The Hall–Kier alpha value is -1.76. The monoisotopic (exact) mass is 287 g/mol. The Morgan fingerprint density at radius 1 is 1.42 bits per heavy atom. The van der Waals surface area contributed by atoms with E-state index in [1.165, 1.54) is 6.07 Å². The quantitative estimate of drug-likeness (QED) is 0.822. The fourth-order valence-corrected chi connectivity index (χ4v) is 2.30. The maximum absolute atomic E-state index is 13.2. The van der Waals surface area contributed by atoms with Gasteiger partial charge in [-0.1, -0.05) is 6.92 Å². The summed E-state index contributed by atoms with van der Waals surface area (Å²) in [6.07, 6.45) is 0.762. The smallest absolute Gasteiger partial charge is 0.338 e. The van der Waals surface area contributed by atoms with Crippen LogP contribution in [0.5, 0.6) is 0 Å². The highest BCUT2D eigenvalue weighted by Gasteiger charge is 2.15. The molecule has 5 nitrogen and oxygen atoms in total. The lowest BCUT2D eigenvalue weighted by Crippen LogP contribution is -2.28. The van der Waals surface area contributed by atoms with E-state index in [0.717, 1.165) is 18.6 Å². The molecule has 0 radical (unpaired) electrons. The summed E-state index contributed by atoms with van der Waals surface area (Å²) >= 11 is 0. The van der Waals surface area contributed by atoms with Crippen molar-refractivity contribution in [2.45, 2.75) is 18.2 Å². The van der Waals surface area contributed by atoms with Crippen LogP contribution in [0.15, 0.2) is 23.1 Å². The standard InChI is InChI=1S/C12H14FNO4S/c1-2-5-14-11(15)7-19(18)8-3-4-10(13)9(6-8)12(16)17/h3-4,6H,2,5,7H2,1H3,(H,14,15)(H,16,17). The second-order valence-electron chi connectivity index (χ2n) is 3.79. The summed E-state index contributed by atoms with van der Waals surface area (Å²) < 4.78 is 25.0. The van der Waals surface area contributed by atoms with Gasteiger partial charge in [-0.05, 0) is 24.6 Å². The number of hydrogen-bond acceptors (Lipinski definition) is 3. The Balaban J connectivity index is 2.80. The fraction of sp³-hybridized carbons (Fsp3) is 0.333. The third kappa shape index (κ3) is 4.44. The van der Waals surface area contributed by atoms with E-state index in [1.54, 1.807) is 0 Å². The molecule has 0 heterocycles. The van der Waals surface area contributed by atoms with Crippen molar-refractivity contribution in [2.75, 3.05) is 12.3 Å². The average molecular weight is 287 g/mol. The van der Waals surface area contributed by atoms with Gasteiger partial charge in [-0.15, -0.1) is 0 Å². The number of aromatic carboxylic acids is 1. The molecule has 0 aromatic heterocycles. The first-order valence-corrected chi connectivity index (χ1v) is 6.95. The molecular formula is C12H14FNO4S. The van der Waals surface area contributed by atoms with Crippen molar-refractivity contribution in [1.82, 2.24) is 5.32 Å². The molecule has 2 N–H and O–H groups in total. The molecule has 1 aromatic rings. The van der Waals surface area contributed by atoms with Crippen molar-refractivity contribution in [3.63, 3.8) is 0 Å². The number of benzene rings is 1. The van der Waals surface area contributed by atoms with Gasteiger partial charge >= 0.3 is 5.97 Å². The lowest BCUT2D eigenvalue weighted by molar-refractivity contribution is -0.118. The molecule has 1 unspecified atom stereocenters. The SMILES string of the molecule is CCCNC(=O)CS(=O)c1ccc(F)c(C(=O)O)c1. The average Bonchev–Trinajstić information content (AvgIpc) is 2.36. The van der Waals surface area contributed by atoms with E-state index in [9.17, 15) is 18.2 Å². The minimum Gasteiger partial charge on any atom is -0.478 e. The number of rotatable bonds is 6. The molecule has 0 aliphatic carbocycles. The molecule has 0 bridgehead atoms. The zero-order valence-electron chi connectivity index (χ0n) is 10.3. The molecule has 0 saturated heterocycles. The van der Waals surface area contributed by atoms with Crippen LogP contribution in [-0.4, -0.2) is 33.5 Å². The summed E-state index contributed by atoms with van der Waals surface area (Å²) in [7, 11) is -1.69. The Labute approximate surface area is 112 Å². The molecule has 0 fully saturated rings. The van der Waals surface area contributed by atoms with Crippen LogP contribution in [0.3, 0.4) is 0 Å². The topological polar surface area (TPSA) is 83.5 Å². The van der Waals surface area contributed by atoms with Crippen LogP contribution in [0.4, 0.5) is 4.39 Å². The lowest BCUT2D eigenvalue weighted by Gasteiger charge is -2.05. The Morgan fingerprint density at radius 3 is 2.68 bits per heavy atom. The van der Waals surface area contributed by atoms with Crippen LogP contribution in [0.1, 0.15) is 23.7 Å². The molecule has 1 atom stereocenters. The molecule has 1 rings (SSSR count). The molecular weight excluding hydrogens is 273 g/mol. The number of halogens is 1. The molecule has 19 heavy (non-hydrogen) atoms. The summed E-state index contributed by atoms with van der Waals surface area (Å²) in [5.41, 5.74) is -0.556. The van der Waals surface area contributed by atoms with E-state index in [1.807, 2.05) is 6.92 Å². The predicted octanol–water partition coefficient (Wildman–Crippen LogP) is 1.16. The molecule has 0 aliphatic heterocycles. The van der Waals surface area contributed by atoms with Crippen molar-refractivity contribution in [3.8, 4) is 0 Å². The van der Waals surface area contributed by atoms with Gasteiger partial charge in [0.05, 0.1) is 16.4 Å². The summed E-state index contributed by atoms with van der Waals surface area (Å²) in [6.45, 7) is 2.37. The van der Waals surface area contributed by atoms with Crippen LogP contribution in [0.2, 0.25) is 0 Å². The lowest BCUT2D eigenvalue weighted by atomic mass is 10.2. The van der Waals surface area contributed by atoms with Gasteiger partial charge in [0.15, 0.2) is 0 Å². The predicted molar refractivity (Wildman–Crippen MR) is 67.9 cm³/mol. The van der Waals surface area contributed by atoms with Crippen LogP contribution in [0, 0.1) is 5.82 Å². The van der Waals surface area contributed by atoms with E-state index >= 15 is 0 Å². The number of carboxylic acids is 1. The van der Waals surface area contributed by atoms with Gasteiger partial charge < -0.3 is 10.4 Å². The number of nitrogens with one attached hydrogen (secondary N) is 1. The first-order chi connectivity index (χ1) is 8.95. The second kappa shape index (κ2) is 6.98. The van der Waals surface area contributed by atoms with Gasteiger partial charge in [-0.2, -0.15) is 0 Å². The van der Waals surface area contributed by atoms with Gasteiger partial charge in [0.1, 0.15) is 11.6 Å². The largest absolute Gasteiger partial charge is 0.478 e. The Morgan fingerprint density at radius 2 is 2.11 bits per heavy atom. The summed E-state index contributed by atoms with van der Waals surface area (Å²) in [4.78, 5) is 22.2. The van der Waals surface area contributed by atoms with Crippen molar-refractivity contribution < 1.29 is 23.3 Å². The number of amides is 1. The number of carbonyl (C=O) groups excluding carboxylic acids is 1. The highest BCUT2D eigenvalue weighted by atomic mass is 32.2. The molecule has 0 saturated carbocycles. The molecule has 0 spiro atoms. The molecule has 104 valence electrons. The minimum atomic E-state index is -1.69. The van der Waals surface area contributed by atoms with Crippen molar-refractivity contribution in [2.24, 2.45) is 0 Å². The first-order valence-electron chi connectivity index (χ1n) is 5.63. The second-order valence-corrected chi connectivity index (χ2v) is 5.24. The third-order valence-corrected chi connectivity index (χ3v) is 3.57. The number of carbonyl (C=O) groups is 2. The van der Waals surface area contributed by atoms with E-state index in [2.05, 4.69) is 5.32 Å². The zero-order chi connectivity index (χ0) is 14.4. The molecule has 1 amide bonds.